The van der Waals surface area contributed by atoms with Crippen molar-refractivity contribution in [3.05, 3.63) is 54.1 Å². The molecular formula is C21H28N2O4S. The van der Waals surface area contributed by atoms with Crippen molar-refractivity contribution in [3.8, 4) is 5.75 Å². The van der Waals surface area contributed by atoms with Gasteiger partial charge in [0.15, 0.2) is 0 Å². The summed E-state index contributed by atoms with van der Waals surface area (Å²) in [6, 6.07) is 13.2. The van der Waals surface area contributed by atoms with Gasteiger partial charge in [-0.3, -0.25) is 9.10 Å². The second-order valence-corrected chi connectivity index (χ2v) is 8.65. The van der Waals surface area contributed by atoms with Crippen molar-refractivity contribution < 1.29 is 17.9 Å². The Labute approximate surface area is 167 Å². The topological polar surface area (TPSA) is 75.7 Å². The number of methoxy groups -OCH3 is 1. The standard InChI is InChI=1S/C21H28N2O4S/c1-5-7-17(3)22-21(24)15-23(18-8-6-9-19(14-18)27-4)28(25,26)20-12-10-16(2)11-13-20/h6,8-14,17H,5,7,15H2,1-4H3,(H,22,24)/t17-/m1/s1. The van der Waals surface area contributed by atoms with E-state index in [0.29, 0.717) is 11.4 Å². The Balaban J connectivity index is 2.40. The van der Waals surface area contributed by atoms with Crippen LogP contribution in [0.4, 0.5) is 5.69 Å². The SMILES string of the molecule is CCC[C@@H](C)NC(=O)CN(c1cccc(OC)c1)S(=O)(=O)c1ccc(C)cc1. The predicted octanol–water partition coefficient (Wildman–Crippen LogP) is 3.50. The Bertz CT molecular complexity index is 895. The van der Waals surface area contributed by atoms with Gasteiger partial charge in [-0.2, -0.15) is 0 Å². The largest absolute Gasteiger partial charge is 0.497 e. The van der Waals surface area contributed by atoms with Crippen molar-refractivity contribution in [1.29, 1.82) is 0 Å². The van der Waals surface area contributed by atoms with Crippen molar-refractivity contribution in [3.63, 3.8) is 0 Å². The molecule has 1 amide bonds. The first-order valence-electron chi connectivity index (χ1n) is 9.30. The molecule has 0 aliphatic carbocycles. The summed E-state index contributed by atoms with van der Waals surface area (Å²) in [5.74, 6) is 0.167. The Hall–Kier alpha value is -2.54. The zero-order valence-corrected chi connectivity index (χ0v) is 17.6. The lowest BCUT2D eigenvalue weighted by Gasteiger charge is -2.25. The van der Waals surface area contributed by atoms with E-state index < -0.39 is 10.0 Å². The van der Waals surface area contributed by atoms with Crippen LogP contribution in [-0.4, -0.2) is 34.0 Å². The first-order chi connectivity index (χ1) is 13.3. The molecular weight excluding hydrogens is 376 g/mol. The molecule has 0 aliphatic heterocycles. The van der Waals surface area contributed by atoms with Crippen LogP contribution in [0.1, 0.15) is 32.3 Å². The number of sulfonamides is 1. The molecule has 0 saturated carbocycles. The molecule has 0 radical (unpaired) electrons. The van der Waals surface area contributed by atoms with Crippen LogP contribution in [0.15, 0.2) is 53.4 Å². The minimum Gasteiger partial charge on any atom is -0.497 e. The lowest BCUT2D eigenvalue weighted by Crippen LogP contribution is -2.43. The number of hydrogen-bond acceptors (Lipinski definition) is 4. The predicted molar refractivity (Wildman–Crippen MR) is 111 cm³/mol. The highest BCUT2D eigenvalue weighted by molar-refractivity contribution is 7.92. The summed E-state index contributed by atoms with van der Waals surface area (Å²) >= 11 is 0. The molecule has 0 heterocycles. The summed E-state index contributed by atoms with van der Waals surface area (Å²) in [7, 11) is -2.41. The number of carbonyl (C=O) groups is 1. The smallest absolute Gasteiger partial charge is 0.264 e. The molecule has 1 N–H and O–H groups in total. The third kappa shape index (κ3) is 5.48. The minimum absolute atomic E-state index is 0.0215. The maximum atomic E-state index is 13.3. The van der Waals surface area contributed by atoms with Crippen LogP contribution in [-0.2, 0) is 14.8 Å². The lowest BCUT2D eigenvalue weighted by molar-refractivity contribution is -0.120. The highest BCUT2D eigenvalue weighted by atomic mass is 32.2. The van der Waals surface area contributed by atoms with Crippen molar-refractivity contribution in [2.24, 2.45) is 0 Å². The molecule has 2 aromatic carbocycles. The number of benzene rings is 2. The van der Waals surface area contributed by atoms with E-state index in [1.54, 1.807) is 48.5 Å². The molecule has 0 bridgehead atoms. The molecule has 0 saturated heterocycles. The maximum Gasteiger partial charge on any atom is 0.264 e. The Kier molecular flexibility index (Phi) is 7.45. The summed E-state index contributed by atoms with van der Waals surface area (Å²) < 4.78 is 32.9. The van der Waals surface area contributed by atoms with Crippen LogP contribution in [0.5, 0.6) is 5.75 Å². The van der Waals surface area contributed by atoms with Gasteiger partial charge in [-0.25, -0.2) is 8.42 Å². The summed E-state index contributed by atoms with van der Waals surface area (Å²) in [4.78, 5) is 12.7. The van der Waals surface area contributed by atoms with Gasteiger partial charge < -0.3 is 10.1 Å². The number of rotatable bonds is 9. The number of nitrogens with zero attached hydrogens (tertiary/aromatic N) is 1. The first-order valence-corrected chi connectivity index (χ1v) is 10.7. The van der Waals surface area contributed by atoms with E-state index in [2.05, 4.69) is 5.32 Å². The number of carbonyl (C=O) groups excluding carboxylic acids is 1. The fourth-order valence-electron chi connectivity index (χ4n) is 2.87. The number of aryl methyl sites for hydroxylation is 1. The van der Waals surface area contributed by atoms with Crippen LogP contribution in [0.25, 0.3) is 0 Å². The molecule has 152 valence electrons. The Morgan fingerprint density at radius 3 is 2.46 bits per heavy atom. The summed E-state index contributed by atoms with van der Waals surface area (Å²) in [6.07, 6.45) is 1.76. The molecule has 0 aliphatic rings. The van der Waals surface area contributed by atoms with Gasteiger partial charge in [-0.05, 0) is 44.5 Å². The third-order valence-electron chi connectivity index (χ3n) is 4.37. The fraction of sp³-hybridized carbons (Fsp3) is 0.381. The van der Waals surface area contributed by atoms with Gasteiger partial charge in [-0.1, -0.05) is 37.1 Å². The van der Waals surface area contributed by atoms with E-state index in [0.717, 1.165) is 22.7 Å². The zero-order chi connectivity index (χ0) is 20.7. The highest BCUT2D eigenvalue weighted by Gasteiger charge is 2.27. The van der Waals surface area contributed by atoms with Crippen LogP contribution < -0.4 is 14.4 Å². The van der Waals surface area contributed by atoms with E-state index >= 15 is 0 Å². The van der Waals surface area contributed by atoms with E-state index in [9.17, 15) is 13.2 Å². The molecule has 2 rings (SSSR count). The van der Waals surface area contributed by atoms with Gasteiger partial charge in [0, 0.05) is 12.1 Å². The van der Waals surface area contributed by atoms with Gasteiger partial charge in [0.25, 0.3) is 10.0 Å². The van der Waals surface area contributed by atoms with Crippen molar-refractivity contribution in [2.45, 2.75) is 44.6 Å². The average molecular weight is 405 g/mol. The van der Waals surface area contributed by atoms with Crippen LogP contribution in [0.3, 0.4) is 0 Å². The van der Waals surface area contributed by atoms with E-state index in [1.165, 1.54) is 7.11 Å². The molecule has 1 atom stereocenters. The lowest BCUT2D eigenvalue weighted by atomic mass is 10.2. The number of hydrogen-bond donors (Lipinski definition) is 1. The Morgan fingerprint density at radius 1 is 1.18 bits per heavy atom. The van der Waals surface area contributed by atoms with Gasteiger partial charge in [0.1, 0.15) is 12.3 Å². The first kappa shape index (κ1) is 21.8. The second-order valence-electron chi connectivity index (χ2n) is 6.78. The number of ether oxygens (including phenoxy) is 1. The number of anilines is 1. The number of amides is 1. The van der Waals surface area contributed by atoms with Crippen LogP contribution in [0, 0.1) is 6.92 Å². The Morgan fingerprint density at radius 2 is 1.86 bits per heavy atom. The molecule has 0 fully saturated rings. The fourth-order valence-corrected chi connectivity index (χ4v) is 4.29. The monoisotopic (exact) mass is 404 g/mol. The van der Waals surface area contributed by atoms with Crippen molar-refractivity contribution in [2.75, 3.05) is 18.0 Å². The normalized spacial score (nSPS) is 12.3. The van der Waals surface area contributed by atoms with Gasteiger partial charge >= 0.3 is 0 Å². The van der Waals surface area contributed by atoms with Crippen molar-refractivity contribution >= 4 is 21.6 Å². The third-order valence-corrected chi connectivity index (χ3v) is 6.15. The van der Waals surface area contributed by atoms with E-state index in [1.807, 2.05) is 20.8 Å². The van der Waals surface area contributed by atoms with Crippen LogP contribution in [0.2, 0.25) is 0 Å². The quantitative estimate of drug-likeness (QED) is 0.694. The molecule has 0 aromatic heterocycles. The minimum atomic E-state index is -3.92. The molecule has 28 heavy (non-hydrogen) atoms. The van der Waals surface area contributed by atoms with Gasteiger partial charge in [0.05, 0.1) is 17.7 Å². The molecule has 2 aromatic rings. The number of nitrogens with one attached hydrogen (secondary N) is 1. The molecule has 0 unspecified atom stereocenters. The highest BCUT2D eigenvalue weighted by Crippen LogP contribution is 2.27. The van der Waals surface area contributed by atoms with E-state index in [-0.39, 0.29) is 23.4 Å². The van der Waals surface area contributed by atoms with Crippen molar-refractivity contribution in [1.82, 2.24) is 5.32 Å². The second kappa shape index (κ2) is 9.59. The molecule has 0 spiro atoms. The average Bonchev–Trinajstić information content (AvgIpc) is 2.66. The summed E-state index contributed by atoms with van der Waals surface area (Å²) in [5, 5.41) is 2.87. The molecule has 7 heteroatoms. The van der Waals surface area contributed by atoms with E-state index in [4.69, 9.17) is 4.74 Å². The van der Waals surface area contributed by atoms with Crippen LogP contribution >= 0.6 is 0 Å². The zero-order valence-electron chi connectivity index (χ0n) is 16.8. The summed E-state index contributed by atoms with van der Waals surface area (Å²) in [6.45, 7) is 5.52. The van der Waals surface area contributed by atoms with Gasteiger partial charge in [0.2, 0.25) is 5.91 Å². The summed E-state index contributed by atoms with van der Waals surface area (Å²) in [5.41, 5.74) is 1.33. The molecule has 6 nitrogen and oxygen atoms in total. The maximum absolute atomic E-state index is 13.3. The van der Waals surface area contributed by atoms with Gasteiger partial charge in [-0.15, -0.1) is 0 Å².